The van der Waals surface area contributed by atoms with Gasteiger partial charge in [-0.25, -0.2) is 4.98 Å². The van der Waals surface area contributed by atoms with Crippen molar-refractivity contribution in [3.05, 3.63) is 36.2 Å². The molecule has 6 heteroatoms. The first-order valence-electron chi connectivity index (χ1n) is 7.40. The summed E-state index contributed by atoms with van der Waals surface area (Å²) in [5.74, 6) is 0.899. The minimum absolute atomic E-state index is 0. The van der Waals surface area contributed by atoms with Crippen LogP contribution in [0.1, 0.15) is 23.8 Å². The Morgan fingerprint density at radius 3 is 2.82 bits per heavy atom. The predicted molar refractivity (Wildman–Crippen MR) is 89.0 cm³/mol. The summed E-state index contributed by atoms with van der Waals surface area (Å²) in [7, 11) is 0. The normalized spacial score (nSPS) is 21.5. The number of benzene rings is 1. The van der Waals surface area contributed by atoms with Crippen LogP contribution in [-0.4, -0.2) is 40.4 Å². The van der Waals surface area contributed by atoms with Gasteiger partial charge in [0, 0.05) is 13.1 Å². The molecule has 3 rings (SSSR count). The van der Waals surface area contributed by atoms with Gasteiger partial charge in [0.05, 0.1) is 17.2 Å². The van der Waals surface area contributed by atoms with E-state index in [9.17, 15) is 4.79 Å². The van der Waals surface area contributed by atoms with E-state index in [0.717, 1.165) is 24.0 Å². The van der Waals surface area contributed by atoms with Gasteiger partial charge in [0.1, 0.15) is 5.69 Å². The topological polar surface area (TPSA) is 72.1 Å². The molecule has 1 aliphatic heterocycles. The van der Waals surface area contributed by atoms with Crippen LogP contribution < -0.4 is 5.73 Å². The first kappa shape index (κ1) is 16.6. The molecule has 0 bridgehead atoms. The summed E-state index contributed by atoms with van der Waals surface area (Å²) in [4.78, 5) is 23.2. The van der Waals surface area contributed by atoms with Crippen LogP contribution in [0.15, 0.2) is 30.5 Å². The molecule has 1 amide bonds. The third-order valence-electron chi connectivity index (χ3n) is 4.37. The molecule has 0 aliphatic carbocycles. The molecule has 1 aliphatic rings. The number of likely N-dealkylation sites (tertiary alicyclic amines) is 1. The number of hydrogen-bond donors (Lipinski definition) is 1. The predicted octanol–water partition coefficient (Wildman–Crippen LogP) is 2.11. The fourth-order valence-corrected chi connectivity index (χ4v) is 2.86. The lowest BCUT2D eigenvalue weighted by atomic mass is 9.87. The molecule has 0 spiro atoms. The smallest absolute Gasteiger partial charge is 0.274 e. The van der Waals surface area contributed by atoms with Crippen molar-refractivity contribution in [1.82, 2.24) is 14.9 Å². The van der Waals surface area contributed by atoms with Crippen molar-refractivity contribution in [2.24, 2.45) is 17.6 Å². The SMILES string of the molecule is CC1CCN(C(=O)c2cnc3ccccc3n2)CC1CN.Cl. The molecule has 1 aromatic heterocycles. The molecule has 1 saturated heterocycles. The van der Waals surface area contributed by atoms with Gasteiger partial charge in [0.15, 0.2) is 0 Å². The summed E-state index contributed by atoms with van der Waals surface area (Å²) >= 11 is 0. The van der Waals surface area contributed by atoms with E-state index in [1.165, 1.54) is 0 Å². The standard InChI is InChI=1S/C16H20N4O.ClH/c1-11-6-7-20(10-12(11)8-17)16(21)15-9-18-13-4-2-3-5-14(13)19-15;/h2-5,9,11-12H,6-8,10,17H2,1H3;1H. The lowest BCUT2D eigenvalue weighted by molar-refractivity contribution is 0.0612. The first-order chi connectivity index (χ1) is 10.2. The van der Waals surface area contributed by atoms with Crippen molar-refractivity contribution >= 4 is 29.3 Å². The number of carbonyl (C=O) groups is 1. The molecule has 0 radical (unpaired) electrons. The molecule has 2 N–H and O–H groups in total. The summed E-state index contributed by atoms with van der Waals surface area (Å²) < 4.78 is 0. The highest BCUT2D eigenvalue weighted by molar-refractivity contribution is 5.93. The van der Waals surface area contributed by atoms with E-state index in [0.29, 0.717) is 30.6 Å². The van der Waals surface area contributed by atoms with Crippen molar-refractivity contribution in [3.63, 3.8) is 0 Å². The number of para-hydroxylation sites is 2. The second kappa shape index (κ2) is 7.03. The number of carbonyl (C=O) groups excluding carboxylic acids is 1. The van der Waals surface area contributed by atoms with E-state index in [1.807, 2.05) is 29.2 Å². The second-order valence-corrected chi connectivity index (χ2v) is 5.76. The summed E-state index contributed by atoms with van der Waals surface area (Å²) in [6.45, 7) is 4.31. The first-order valence-corrected chi connectivity index (χ1v) is 7.40. The van der Waals surface area contributed by atoms with Gasteiger partial charge in [0.25, 0.3) is 5.91 Å². The van der Waals surface area contributed by atoms with Gasteiger partial charge < -0.3 is 10.6 Å². The summed E-state index contributed by atoms with van der Waals surface area (Å²) in [6, 6.07) is 7.58. The molecule has 1 aromatic carbocycles. The Labute approximate surface area is 136 Å². The van der Waals surface area contributed by atoms with Crippen molar-refractivity contribution in [1.29, 1.82) is 0 Å². The average molecular weight is 321 g/mol. The van der Waals surface area contributed by atoms with Crippen molar-refractivity contribution in [3.8, 4) is 0 Å². The minimum Gasteiger partial charge on any atom is -0.337 e. The van der Waals surface area contributed by atoms with Crippen LogP contribution in [0, 0.1) is 11.8 Å². The maximum absolute atomic E-state index is 12.6. The van der Waals surface area contributed by atoms with Gasteiger partial charge >= 0.3 is 0 Å². The van der Waals surface area contributed by atoms with E-state index < -0.39 is 0 Å². The summed E-state index contributed by atoms with van der Waals surface area (Å²) in [6.07, 6.45) is 2.56. The highest BCUT2D eigenvalue weighted by Crippen LogP contribution is 2.23. The number of halogens is 1. The molecule has 22 heavy (non-hydrogen) atoms. The number of aromatic nitrogens is 2. The number of amides is 1. The Balaban J connectivity index is 0.00000176. The number of nitrogens with two attached hydrogens (primary N) is 1. The largest absolute Gasteiger partial charge is 0.337 e. The second-order valence-electron chi connectivity index (χ2n) is 5.76. The van der Waals surface area contributed by atoms with Gasteiger partial charge in [-0.2, -0.15) is 0 Å². The highest BCUT2D eigenvalue weighted by Gasteiger charge is 2.29. The zero-order valence-corrected chi connectivity index (χ0v) is 13.4. The van der Waals surface area contributed by atoms with E-state index in [2.05, 4.69) is 16.9 Å². The van der Waals surface area contributed by atoms with Gasteiger partial charge in [-0.15, -0.1) is 12.4 Å². The highest BCUT2D eigenvalue weighted by atomic mass is 35.5. The van der Waals surface area contributed by atoms with Crippen LogP contribution >= 0.6 is 12.4 Å². The number of rotatable bonds is 2. The number of piperidine rings is 1. The molecule has 2 heterocycles. The van der Waals surface area contributed by atoms with Gasteiger partial charge in [0.2, 0.25) is 0 Å². The quantitative estimate of drug-likeness (QED) is 0.920. The molecule has 2 unspecified atom stereocenters. The zero-order chi connectivity index (χ0) is 14.8. The number of fused-ring (bicyclic) bond motifs is 1. The van der Waals surface area contributed by atoms with Crippen LogP contribution in [-0.2, 0) is 0 Å². The Bertz CT molecular complexity index is 663. The molecular weight excluding hydrogens is 300 g/mol. The fraction of sp³-hybridized carbons (Fsp3) is 0.438. The van der Waals surface area contributed by atoms with E-state index in [4.69, 9.17) is 5.73 Å². The van der Waals surface area contributed by atoms with Crippen LogP contribution in [0.5, 0.6) is 0 Å². The molecule has 118 valence electrons. The fourth-order valence-electron chi connectivity index (χ4n) is 2.86. The van der Waals surface area contributed by atoms with Crippen LogP contribution in [0.3, 0.4) is 0 Å². The third kappa shape index (κ3) is 3.20. The number of hydrogen-bond acceptors (Lipinski definition) is 4. The molecule has 2 atom stereocenters. The Morgan fingerprint density at radius 1 is 1.36 bits per heavy atom. The molecular formula is C16H21ClN4O. The lowest BCUT2D eigenvalue weighted by Gasteiger charge is -2.36. The van der Waals surface area contributed by atoms with Crippen LogP contribution in [0.25, 0.3) is 11.0 Å². The zero-order valence-electron chi connectivity index (χ0n) is 12.6. The molecule has 1 fully saturated rings. The van der Waals surface area contributed by atoms with Crippen molar-refractivity contribution in [2.75, 3.05) is 19.6 Å². The number of nitrogens with zero attached hydrogens (tertiary/aromatic N) is 3. The van der Waals surface area contributed by atoms with Crippen LogP contribution in [0.2, 0.25) is 0 Å². The van der Waals surface area contributed by atoms with E-state index >= 15 is 0 Å². The van der Waals surface area contributed by atoms with Gasteiger partial charge in [-0.05, 0) is 36.9 Å². The maximum Gasteiger partial charge on any atom is 0.274 e. The molecule has 0 saturated carbocycles. The monoisotopic (exact) mass is 320 g/mol. The summed E-state index contributed by atoms with van der Waals surface area (Å²) in [5, 5.41) is 0. The van der Waals surface area contributed by atoms with Gasteiger partial charge in [-0.1, -0.05) is 19.1 Å². The van der Waals surface area contributed by atoms with Crippen LogP contribution in [0.4, 0.5) is 0 Å². The lowest BCUT2D eigenvalue weighted by Crippen LogP contribution is -2.45. The third-order valence-corrected chi connectivity index (χ3v) is 4.37. The molecule has 5 nitrogen and oxygen atoms in total. The summed E-state index contributed by atoms with van der Waals surface area (Å²) in [5.41, 5.74) is 7.78. The minimum atomic E-state index is -0.0430. The van der Waals surface area contributed by atoms with Crippen molar-refractivity contribution in [2.45, 2.75) is 13.3 Å². The Morgan fingerprint density at radius 2 is 2.09 bits per heavy atom. The maximum atomic E-state index is 12.6. The van der Waals surface area contributed by atoms with Gasteiger partial charge in [-0.3, -0.25) is 9.78 Å². The molecule has 2 aromatic rings. The van der Waals surface area contributed by atoms with Crippen molar-refractivity contribution < 1.29 is 4.79 Å². The van der Waals surface area contributed by atoms with E-state index in [1.54, 1.807) is 6.20 Å². The Kier molecular flexibility index (Phi) is 5.32. The Hall–Kier alpha value is -1.72. The average Bonchev–Trinajstić information content (AvgIpc) is 2.54. The van der Waals surface area contributed by atoms with E-state index in [-0.39, 0.29) is 18.3 Å².